The van der Waals surface area contributed by atoms with E-state index in [-0.39, 0.29) is 10.7 Å². The molecule has 0 aliphatic heterocycles. The number of anilines is 1. The van der Waals surface area contributed by atoms with Crippen LogP contribution in [0.3, 0.4) is 0 Å². The van der Waals surface area contributed by atoms with Crippen LogP contribution in [-0.2, 0) is 4.74 Å². The van der Waals surface area contributed by atoms with Gasteiger partial charge in [0.15, 0.2) is 11.6 Å². The van der Waals surface area contributed by atoms with Crippen LogP contribution in [0.1, 0.15) is 20.8 Å². The molecule has 17 heavy (non-hydrogen) atoms. The predicted molar refractivity (Wildman–Crippen MR) is 62.9 cm³/mol. The third-order valence-corrected chi connectivity index (χ3v) is 1.87. The second-order valence-corrected chi connectivity index (χ2v) is 4.85. The van der Waals surface area contributed by atoms with E-state index in [9.17, 15) is 14.3 Å². The normalized spacial score (nSPS) is 11.1. The molecule has 0 unspecified atom stereocenters. The van der Waals surface area contributed by atoms with E-state index in [1.807, 2.05) is 0 Å². The molecule has 6 heteroatoms. The van der Waals surface area contributed by atoms with Gasteiger partial charge in [0.05, 0.1) is 5.69 Å². The van der Waals surface area contributed by atoms with Gasteiger partial charge in [0.25, 0.3) is 0 Å². The molecule has 94 valence electrons. The van der Waals surface area contributed by atoms with Crippen LogP contribution in [0, 0.1) is 5.82 Å². The monoisotopic (exact) mass is 261 g/mol. The summed E-state index contributed by atoms with van der Waals surface area (Å²) >= 11 is 5.62. The number of benzene rings is 1. The molecule has 0 spiro atoms. The molecule has 2 N–H and O–H groups in total. The van der Waals surface area contributed by atoms with Crippen molar-refractivity contribution in [3.63, 3.8) is 0 Å². The quantitative estimate of drug-likeness (QED) is 0.813. The van der Waals surface area contributed by atoms with Gasteiger partial charge in [0.1, 0.15) is 5.60 Å². The van der Waals surface area contributed by atoms with E-state index in [4.69, 9.17) is 16.3 Å². The summed E-state index contributed by atoms with van der Waals surface area (Å²) in [6.07, 6.45) is -0.821. The fraction of sp³-hybridized carbons (Fsp3) is 0.364. The Hall–Kier alpha value is -1.49. The highest BCUT2D eigenvalue weighted by Gasteiger charge is 2.18. The van der Waals surface area contributed by atoms with Crippen LogP contribution in [0.15, 0.2) is 12.1 Å². The highest BCUT2D eigenvalue weighted by Crippen LogP contribution is 2.28. The van der Waals surface area contributed by atoms with Crippen molar-refractivity contribution in [2.75, 3.05) is 5.32 Å². The Morgan fingerprint density at radius 3 is 2.59 bits per heavy atom. The van der Waals surface area contributed by atoms with Gasteiger partial charge in [-0.05, 0) is 26.8 Å². The number of amides is 1. The van der Waals surface area contributed by atoms with Crippen molar-refractivity contribution in [2.45, 2.75) is 26.4 Å². The number of hydrogen-bond donors (Lipinski definition) is 2. The van der Waals surface area contributed by atoms with Gasteiger partial charge in [0.2, 0.25) is 0 Å². The summed E-state index contributed by atoms with van der Waals surface area (Å²) in [4.78, 5) is 11.4. The van der Waals surface area contributed by atoms with Crippen LogP contribution < -0.4 is 5.32 Å². The maximum absolute atomic E-state index is 13.4. The van der Waals surface area contributed by atoms with Crippen molar-refractivity contribution in [1.29, 1.82) is 0 Å². The summed E-state index contributed by atoms with van der Waals surface area (Å²) in [5, 5.41) is 11.4. The molecule has 0 aromatic heterocycles. The van der Waals surface area contributed by atoms with E-state index < -0.39 is 23.3 Å². The number of carbonyl (C=O) groups is 1. The summed E-state index contributed by atoms with van der Waals surface area (Å²) in [7, 11) is 0. The number of halogens is 2. The molecule has 0 aliphatic carbocycles. The number of carbonyl (C=O) groups excluding carboxylic acids is 1. The van der Waals surface area contributed by atoms with E-state index >= 15 is 0 Å². The zero-order valence-corrected chi connectivity index (χ0v) is 10.4. The van der Waals surface area contributed by atoms with Crippen LogP contribution >= 0.6 is 11.6 Å². The molecule has 0 bridgehead atoms. The maximum Gasteiger partial charge on any atom is 0.412 e. The molecular formula is C11H13ClFNO3. The van der Waals surface area contributed by atoms with Gasteiger partial charge in [0, 0.05) is 11.1 Å². The molecule has 0 heterocycles. The SMILES string of the molecule is CC(C)(C)OC(=O)Nc1cc(Cl)cc(O)c1F. The van der Waals surface area contributed by atoms with Gasteiger partial charge in [-0.2, -0.15) is 0 Å². The van der Waals surface area contributed by atoms with Gasteiger partial charge in [-0.25, -0.2) is 9.18 Å². The molecule has 0 saturated carbocycles. The number of phenols is 1. The summed E-state index contributed by atoms with van der Waals surface area (Å²) in [5.74, 6) is -1.59. The smallest absolute Gasteiger partial charge is 0.412 e. The third kappa shape index (κ3) is 4.11. The van der Waals surface area contributed by atoms with Crippen molar-refractivity contribution in [3.8, 4) is 5.75 Å². The van der Waals surface area contributed by atoms with Crippen molar-refractivity contribution in [1.82, 2.24) is 0 Å². The number of ether oxygens (including phenoxy) is 1. The van der Waals surface area contributed by atoms with Crippen LogP contribution in [0.5, 0.6) is 5.75 Å². The topological polar surface area (TPSA) is 58.6 Å². The number of nitrogens with one attached hydrogen (secondary N) is 1. The van der Waals surface area contributed by atoms with Crippen molar-refractivity contribution >= 4 is 23.4 Å². The Kier molecular flexibility index (Phi) is 3.83. The highest BCUT2D eigenvalue weighted by atomic mass is 35.5. The first-order chi connectivity index (χ1) is 7.69. The molecule has 1 amide bonds. The number of hydrogen-bond acceptors (Lipinski definition) is 3. The largest absolute Gasteiger partial charge is 0.505 e. The molecule has 0 atom stereocenters. The summed E-state index contributed by atoms with van der Waals surface area (Å²) < 4.78 is 18.3. The predicted octanol–water partition coefficient (Wildman–Crippen LogP) is 3.53. The average molecular weight is 262 g/mol. The second kappa shape index (κ2) is 4.79. The Bertz CT molecular complexity index is 443. The second-order valence-electron chi connectivity index (χ2n) is 4.41. The first kappa shape index (κ1) is 13.6. The molecule has 4 nitrogen and oxygen atoms in total. The minimum atomic E-state index is -0.958. The van der Waals surface area contributed by atoms with Crippen LogP contribution in [0.25, 0.3) is 0 Å². The number of rotatable bonds is 1. The summed E-state index contributed by atoms with van der Waals surface area (Å²) in [6.45, 7) is 5.04. The van der Waals surface area contributed by atoms with E-state index in [1.165, 1.54) is 6.07 Å². The Labute approximate surface area is 103 Å². The van der Waals surface area contributed by atoms with Crippen LogP contribution in [0.2, 0.25) is 5.02 Å². The van der Waals surface area contributed by atoms with Crippen molar-refractivity contribution in [2.24, 2.45) is 0 Å². The van der Waals surface area contributed by atoms with Gasteiger partial charge in [-0.15, -0.1) is 0 Å². The van der Waals surface area contributed by atoms with Gasteiger partial charge < -0.3 is 9.84 Å². The average Bonchev–Trinajstić information content (AvgIpc) is 2.10. The standard InChI is InChI=1S/C11H13ClFNO3/c1-11(2,3)17-10(16)14-7-4-6(12)5-8(15)9(7)13/h4-5,15H,1-3H3,(H,14,16). The van der Waals surface area contributed by atoms with Gasteiger partial charge in [-0.3, -0.25) is 5.32 Å². The third-order valence-electron chi connectivity index (χ3n) is 1.65. The van der Waals surface area contributed by atoms with Gasteiger partial charge >= 0.3 is 6.09 Å². The lowest BCUT2D eigenvalue weighted by atomic mass is 10.2. The molecule has 0 saturated heterocycles. The van der Waals surface area contributed by atoms with E-state index in [0.29, 0.717) is 0 Å². The summed E-state index contributed by atoms with van der Waals surface area (Å²) in [6, 6.07) is 2.22. The number of phenolic OH excluding ortho intramolecular Hbond substituents is 1. The van der Waals surface area contributed by atoms with Crippen molar-refractivity contribution < 1.29 is 19.0 Å². The van der Waals surface area contributed by atoms with E-state index in [0.717, 1.165) is 6.07 Å². The zero-order valence-electron chi connectivity index (χ0n) is 9.67. The molecule has 0 radical (unpaired) electrons. The zero-order chi connectivity index (χ0) is 13.2. The minimum Gasteiger partial charge on any atom is -0.505 e. The Morgan fingerprint density at radius 2 is 2.06 bits per heavy atom. The summed E-state index contributed by atoms with van der Waals surface area (Å²) in [5.41, 5.74) is -0.925. The van der Waals surface area contributed by atoms with E-state index in [2.05, 4.69) is 5.32 Å². The first-order valence-electron chi connectivity index (χ1n) is 4.87. The highest BCUT2D eigenvalue weighted by molar-refractivity contribution is 6.31. The molecule has 1 rings (SSSR count). The van der Waals surface area contributed by atoms with Crippen molar-refractivity contribution in [3.05, 3.63) is 23.0 Å². The fourth-order valence-corrected chi connectivity index (χ4v) is 1.29. The lowest BCUT2D eigenvalue weighted by Gasteiger charge is -2.19. The number of aromatic hydroxyl groups is 1. The van der Waals surface area contributed by atoms with Gasteiger partial charge in [-0.1, -0.05) is 11.6 Å². The Morgan fingerprint density at radius 1 is 1.47 bits per heavy atom. The molecule has 0 fully saturated rings. The Balaban J connectivity index is 2.85. The molecule has 1 aromatic rings. The van der Waals surface area contributed by atoms with Crippen LogP contribution in [-0.4, -0.2) is 16.8 Å². The minimum absolute atomic E-state index is 0.106. The molecular weight excluding hydrogens is 249 g/mol. The maximum atomic E-state index is 13.4. The lowest BCUT2D eigenvalue weighted by molar-refractivity contribution is 0.0635. The van der Waals surface area contributed by atoms with Crippen LogP contribution in [0.4, 0.5) is 14.9 Å². The van der Waals surface area contributed by atoms with E-state index in [1.54, 1.807) is 20.8 Å². The molecule has 1 aromatic carbocycles. The first-order valence-corrected chi connectivity index (χ1v) is 5.25. The lowest BCUT2D eigenvalue weighted by Crippen LogP contribution is -2.27. The fourth-order valence-electron chi connectivity index (χ4n) is 1.08. The molecule has 0 aliphatic rings.